The minimum Gasteiger partial charge on any atom is -0.313 e. The van der Waals surface area contributed by atoms with Crippen molar-refractivity contribution in [2.24, 2.45) is 0 Å². The van der Waals surface area contributed by atoms with Crippen LogP contribution in [0.2, 0.25) is 0 Å². The highest BCUT2D eigenvalue weighted by Gasteiger charge is 2.07. The summed E-state index contributed by atoms with van der Waals surface area (Å²) in [7, 11) is 0. The van der Waals surface area contributed by atoms with Gasteiger partial charge in [-0.05, 0) is 41.9 Å². The third-order valence-corrected chi connectivity index (χ3v) is 2.81. The standard InChI is InChI=1S/C15H14F3N/c1-2-19-9-12-5-10(3-4-15(12)18)11-6-13(16)8-14(17)7-11/h3-8,19H,2,9H2,1H3. The van der Waals surface area contributed by atoms with Crippen LogP contribution in [0, 0.1) is 17.5 Å². The van der Waals surface area contributed by atoms with Crippen molar-refractivity contribution < 1.29 is 13.2 Å². The van der Waals surface area contributed by atoms with Gasteiger partial charge in [-0.2, -0.15) is 0 Å². The first kappa shape index (κ1) is 13.6. The van der Waals surface area contributed by atoms with Crippen LogP contribution in [0.4, 0.5) is 13.2 Å². The predicted octanol–water partition coefficient (Wildman–Crippen LogP) is 3.88. The molecule has 0 amide bonds. The Hall–Kier alpha value is -1.81. The maximum absolute atomic E-state index is 13.6. The highest BCUT2D eigenvalue weighted by atomic mass is 19.1. The van der Waals surface area contributed by atoms with Crippen molar-refractivity contribution in [1.29, 1.82) is 0 Å². The average molecular weight is 265 g/mol. The molecule has 1 N–H and O–H groups in total. The van der Waals surface area contributed by atoms with Crippen molar-refractivity contribution in [3.05, 3.63) is 59.4 Å². The van der Waals surface area contributed by atoms with Crippen LogP contribution in [0.1, 0.15) is 12.5 Å². The molecule has 0 aliphatic heterocycles. The number of nitrogens with one attached hydrogen (secondary N) is 1. The molecule has 19 heavy (non-hydrogen) atoms. The number of hydrogen-bond acceptors (Lipinski definition) is 1. The molecule has 0 fully saturated rings. The van der Waals surface area contributed by atoms with Crippen LogP contribution in [0.15, 0.2) is 36.4 Å². The molecule has 0 heterocycles. The molecule has 0 bridgehead atoms. The zero-order valence-electron chi connectivity index (χ0n) is 10.5. The summed E-state index contributed by atoms with van der Waals surface area (Å²) >= 11 is 0. The molecule has 100 valence electrons. The van der Waals surface area contributed by atoms with Crippen LogP contribution in [-0.4, -0.2) is 6.54 Å². The normalized spacial score (nSPS) is 10.7. The fraction of sp³-hybridized carbons (Fsp3) is 0.200. The molecule has 0 atom stereocenters. The Bertz CT molecular complexity index is 561. The van der Waals surface area contributed by atoms with Crippen molar-refractivity contribution in [2.75, 3.05) is 6.54 Å². The lowest BCUT2D eigenvalue weighted by molar-refractivity contribution is 0.584. The summed E-state index contributed by atoms with van der Waals surface area (Å²) in [6, 6.07) is 7.70. The smallest absolute Gasteiger partial charge is 0.127 e. The molecule has 2 aromatic carbocycles. The van der Waals surface area contributed by atoms with E-state index in [2.05, 4.69) is 5.32 Å². The topological polar surface area (TPSA) is 12.0 Å². The fourth-order valence-corrected chi connectivity index (χ4v) is 1.87. The summed E-state index contributed by atoms with van der Waals surface area (Å²) in [6.07, 6.45) is 0. The third kappa shape index (κ3) is 3.35. The molecule has 0 aliphatic carbocycles. The van der Waals surface area contributed by atoms with Gasteiger partial charge in [0.2, 0.25) is 0 Å². The van der Waals surface area contributed by atoms with Crippen molar-refractivity contribution in [1.82, 2.24) is 5.32 Å². The van der Waals surface area contributed by atoms with Crippen LogP contribution in [0.25, 0.3) is 11.1 Å². The minimum atomic E-state index is -0.646. The molecular formula is C15H14F3N. The summed E-state index contributed by atoms with van der Waals surface area (Å²) in [6.45, 7) is 3.02. The molecule has 0 spiro atoms. The van der Waals surface area contributed by atoms with Gasteiger partial charge in [0, 0.05) is 18.2 Å². The first-order valence-corrected chi connectivity index (χ1v) is 6.05. The fourth-order valence-electron chi connectivity index (χ4n) is 1.87. The Morgan fingerprint density at radius 2 is 1.58 bits per heavy atom. The van der Waals surface area contributed by atoms with Gasteiger partial charge >= 0.3 is 0 Å². The Balaban J connectivity index is 2.39. The highest BCUT2D eigenvalue weighted by molar-refractivity contribution is 5.64. The SMILES string of the molecule is CCNCc1cc(-c2cc(F)cc(F)c2)ccc1F. The van der Waals surface area contributed by atoms with Crippen molar-refractivity contribution in [2.45, 2.75) is 13.5 Å². The monoisotopic (exact) mass is 265 g/mol. The van der Waals surface area contributed by atoms with Crippen LogP contribution < -0.4 is 5.32 Å². The molecule has 0 unspecified atom stereocenters. The number of hydrogen-bond donors (Lipinski definition) is 1. The Morgan fingerprint density at radius 3 is 2.21 bits per heavy atom. The summed E-state index contributed by atoms with van der Waals surface area (Å²) < 4.78 is 39.9. The molecule has 0 saturated carbocycles. The van der Waals surface area contributed by atoms with Gasteiger partial charge in [0.05, 0.1) is 0 Å². The van der Waals surface area contributed by atoms with Crippen LogP contribution >= 0.6 is 0 Å². The maximum atomic E-state index is 13.6. The lowest BCUT2D eigenvalue weighted by Gasteiger charge is -2.08. The van der Waals surface area contributed by atoms with Crippen LogP contribution in [-0.2, 0) is 6.54 Å². The molecule has 2 aromatic rings. The van der Waals surface area contributed by atoms with Gasteiger partial charge in [-0.15, -0.1) is 0 Å². The number of benzene rings is 2. The van der Waals surface area contributed by atoms with Gasteiger partial charge in [0.25, 0.3) is 0 Å². The lowest BCUT2D eigenvalue weighted by atomic mass is 10.0. The van der Waals surface area contributed by atoms with Gasteiger partial charge in [-0.25, -0.2) is 13.2 Å². The van der Waals surface area contributed by atoms with Crippen molar-refractivity contribution >= 4 is 0 Å². The van der Waals surface area contributed by atoms with Gasteiger partial charge in [0.1, 0.15) is 17.5 Å². The first-order valence-electron chi connectivity index (χ1n) is 6.05. The molecule has 1 nitrogen and oxygen atoms in total. The van der Waals surface area contributed by atoms with E-state index in [4.69, 9.17) is 0 Å². The Kier molecular flexibility index (Phi) is 4.22. The largest absolute Gasteiger partial charge is 0.313 e. The van der Waals surface area contributed by atoms with Crippen LogP contribution in [0.3, 0.4) is 0 Å². The van der Waals surface area contributed by atoms with E-state index < -0.39 is 11.6 Å². The second-order valence-corrected chi connectivity index (χ2v) is 4.24. The zero-order chi connectivity index (χ0) is 13.8. The van der Waals surface area contributed by atoms with Gasteiger partial charge < -0.3 is 5.32 Å². The first-order chi connectivity index (χ1) is 9.10. The molecular weight excluding hydrogens is 251 g/mol. The minimum absolute atomic E-state index is 0.332. The average Bonchev–Trinajstić information content (AvgIpc) is 2.36. The van der Waals surface area contributed by atoms with Gasteiger partial charge in [0.15, 0.2) is 0 Å². The summed E-state index contributed by atoms with van der Waals surface area (Å²) in [5.74, 6) is -1.62. The third-order valence-electron chi connectivity index (χ3n) is 2.81. The van der Waals surface area contributed by atoms with E-state index >= 15 is 0 Å². The summed E-state index contributed by atoms with van der Waals surface area (Å²) in [5, 5.41) is 3.02. The molecule has 0 aromatic heterocycles. The second kappa shape index (κ2) is 5.89. The van der Waals surface area contributed by atoms with E-state index in [0.717, 1.165) is 12.6 Å². The Morgan fingerprint density at radius 1 is 0.895 bits per heavy atom. The molecule has 2 rings (SSSR count). The molecule has 0 aliphatic rings. The molecule has 0 saturated heterocycles. The number of rotatable bonds is 4. The highest BCUT2D eigenvalue weighted by Crippen LogP contribution is 2.24. The molecule has 0 radical (unpaired) electrons. The summed E-state index contributed by atoms with van der Waals surface area (Å²) in [4.78, 5) is 0. The zero-order valence-corrected chi connectivity index (χ0v) is 10.5. The Labute approximate surface area is 110 Å². The van der Waals surface area contributed by atoms with E-state index in [-0.39, 0.29) is 5.82 Å². The van der Waals surface area contributed by atoms with Crippen LogP contribution in [0.5, 0.6) is 0 Å². The molecule has 4 heteroatoms. The quantitative estimate of drug-likeness (QED) is 0.884. The van der Waals surface area contributed by atoms with E-state index in [1.807, 2.05) is 6.92 Å². The predicted molar refractivity (Wildman–Crippen MR) is 69.1 cm³/mol. The van der Waals surface area contributed by atoms with E-state index in [9.17, 15) is 13.2 Å². The van der Waals surface area contributed by atoms with E-state index in [0.29, 0.717) is 23.2 Å². The van der Waals surface area contributed by atoms with Crippen molar-refractivity contribution in [3.8, 4) is 11.1 Å². The summed E-state index contributed by atoms with van der Waals surface area (Å²) in [5.41, 5.74) is 1.46. The maximum Gasteiger partial charge on any atom is 0.127 e. The lowest BCUT2D eigenvalue weighted by Crippen LogP contribution is -2.12. The van der Waals surface area contributed by atoms with Gasteiger partial charge in [-0.3, -0.25) is 0 Å². The van der Waals surface area contributed by atoms with E-state index in [1.165, 1.54) is 24.3 Å². The number of halogens is 3. The van der Waals surface area contributed by atoms with Crippen molar-refractivity contribution in [3.63, 3.8) is 0 Å². The van der Waals surface area contributed by atoms with E-state index in [1.54, 1.807) is 6.07 Å². The second-order valence-electron chi connectivity index (χ2n) is 4.24. The van der Waals surface area contributed by atoms with Gasteiger partial charge in [-0.1, -0.05) is 13.0 Å².